The first-order valence-corrected chi connectivity index (χ1v) is 50.3. The lowest BCUT2D eigenvalue weighted by Gasteiger charge is -2.51. The smallest absolute Gasteiger partial charge is 0.232 e. The lowest BCUT2D eigenvalue weighted by atomic mass is 9.79. The summed E-state index contributed by atoms with van der Waals surface area (Å²) in [6.07, 6.45) is 36.1. The van der Waals surface area contributed by atoms with Gasteiger partial charge in [0.1, 0.15) is 0 Å². The molecule has 0 amide bonds. The standard InChI is InChI=1S/C99H189N23.6CH4/c1-30-38-54-114(29)81-100-82(115(55-39-31-2)56-40-32-3)103-85(101-81)119(77-68-92(13,14)110-93(15,16)69-77)62-50-46-48-52-64-121(79-72-96(21,22)112-97(23,24)73-79)88-106-87(118(61-45-37-8)76-66-90(9,10)109-91(11,12)67-76)107-89(108-88)122(80-74-98(25,26)113-99(27,28)75-80)65-53-49-47-51-63-120(78-70-94(17,18)111-95(19,20)71-78)86-104-83(116(57-41-33-4)58-42-34-5)102-84(105-86)117(59-43-35-6)60-44-36-7;;;;;;/h76-80,109-113H,30-75H2,1-29H3;6*1H4. The predicted octanol–water partition coefficient (Wildman–Crippen LogP) is 24.4. The van der Waals surface area contributed by atoms with Gasteiger partial charge in [0.05, 0.1) is 0 Å². The number of hydrogen-bond donors (Lipinski definition) is 5. The number of anilines is 9. The third-order valence-corrected chi connectivity index (χ3v) is 26.7. The fourth-order valence-electron chi connectivity index (χ4n) is 22.6. The molecule has 5 saturated heterocycles. The monoisotopic (exact) mass is 1800 g/mol. The number of hydrogen-bond acceptors (Lipinski definition) is 23. The molecular formula is C105H213N23. The van der Waals surface area contributed by atoms with Gasteiger partial charge < -0.3 is 70.7 Å². The third kappa shape index (κ3) is 37.0. The van der Waals surface area contributed by atoms with E-state index in [-0.39, 0.29) is 130 Å². The lowest BCUT2D eigenvalue weighted by molar-refractivity contribution is 0.155. The lowest BCUT2D eigenvalue weighted by Crippen LogP contribution is -2.63. The zero-order valence-electron chi connectivity index (χ0n) is 84.5. The van der Waals surface area contributed by atoms with E-state index in [9.17, 15) is 0 Å². The van der Waals surface area contributed by atoms with E-state index in [0.717, 1.165) is 350 Å². The van der Waals surface area contributed by atoms with E-state index in [1.165, 1.54) is 0 Å². The van der Waals surface area contributed by atoms with Crippen LogP contribution in [-0.4, -0.2) is 216 Å². The largest absolute Gasteiger partial charge is 0.344 e. The fraction of sp³-hybridized carbons (Fsp3) is 0.914. The molecular weight excluding hydrogens is 1580 g/mol. The summed E-state index contributed by atoms with van der Waals surface area (Å²) >= 11 is 0. The molecule has 8 rings (SSSR count). The van der Waals surface area contributed by atoms with Crippen LogP contribution in [0.5, 0.6) is 0 Å². The summed E-state index contributed by atoms with van der Waals surface area (Å²) in [6.45, 7) is 77.6. The highest BCUT2D eigenvalue weighted by Gasteiger charge is 2.48. The molecule has 0 aromatic carbocycles. The van der Waals surface area contributed by atoms with Gasteiger partial charge >= 0.3 is 0 Å². The molecule has 23 nitrogen and oxygen atoms in total. The van der Waals surface area contributed by atoms with Crippen molar-refractivity contribution in [3.8, 4) is 0 Å². The number of aromatic nitrogens is 9. The molecule has 0 bridgehead atoms. The molecule has 5 aliphatic rings. The van der Waals surface area contributed by atoms with Crippen molar-refractivity contribution in [2.24, 2.45) is 0 Å². The molecule has 8 heterocycles. The molecule has 0 unspecified atom stereocenters. The summed E-state index contributed by atoms with van der Waals surface area (Å²) in [4.78, 5) is 74.6. The van der Waals surface area contributed by atoms with E-state index >= 15 is 0 Å². The Labute approximate surface area is 792 Å². The fourth-order valence-corrected chi connectivity index (χ4v) is 22.6. The van der Waals surface area contributed by atoms with Crippen molar-refractivity contribution in [1.82, 2.24) is 71.4 Å². The maximum atomic E-state index is 6.10. The van der Waals surface area contributed by atoms with Crippen LogP contribution in [0.3, 0.4) is 0 Å². The summed E-state index contributed by atoms with van der Waals surface area (Å²) in [7, 11) is 2.18. The molecule has 0 radical (unpaired) electrons. The van der Waals surface area contributed by atoms with Gasteiger partial charge in [0, 0.05) is 171 Å². The Bertz CT molecular complexity index is 3390. The van der Waals surface area contributed by atoms with Crippen LogP contribution in [0.4, 0.5) is 53.5 Å². The molecule has 0 spiro atoms. The van der Waals surface area contributed by atoms with Gasteiger partial charge in [-0.15, -0.1) is 0 Å². The van der Waals surface area contributed by atoms with Gasteiger partial charge in [-0.1, -0.05) is 177 Å². The first-order valence-electron chi connectivity index (χ1n) is 50.3. The SMILES string of the molecule is C.C.C.C.C.C.CCCCN(C)c1nc(N(CCCC)CCCC)nc(N(CCCCCCN(c2nc(N(CCCC)C3CC(C)(C)NC(C)(C)C3)nc(N(CCCCCCN(c3nc(N(CCCC)CCCC)nc(N(CCCC)CCCC)n3)C3CC(C)(C)NC(C)(C)C3)C3CC(C)(C)NC(C)(C)C3)n2)C2CC(C)(C)NC(C)(C)C2)C2CC(C)(C)NC(C)(C)C2)n1. The summed E-state index contributed by atoms with van der Waals surface area (Å²) in [5.41, 5.74) is -0.901. The van der Waals surface area contributed by atoms with Crippen LogP contribution in [0.1, 0.15) is 457 Å². The van der Waals surface area contributed by atoms with E-state index in [1.54, 1.807) is 0 Å². The molecule has 0 aliphatic carbocycles. The minimum atomic E-state index is -0.118. The van der Waals surface area contributed by atoms with Gasteiger partial charge in [-0.3, -0.25) is 0 Å². The van der Waals surface area contributed by atoms with Crippen molar-refractivity contribution in [1.29, 1.82) is 0 Å². The Hall–Kier alpha value is -4.97. The molecule has 5 fully saturated rings. The van der Waals surface area contributed by atoms with Gasteiger partial charge in [0.25, 0.3) is 0 Å². The van der Waals surface area contributed by atoms with Crippen LogP contribution in [-0.2, 0) is 0 Å². The molecule has 5 aliphatic heterocycles. The van der Waals surface area contributed by atoms with Crippen LogP contribution in [0.25, 0.3) is 0 Å². The second kappa shape index (κ2) is 52.8. The van der Waals surface area contributed by atoms with Crippen molar-refractivity contribution < 1.29 is 0 Å². The van der Waals surface area contributed by atoms with Gasteiger partial charge in [0.15, 0.2) is 0 Å². The molecule has 3 aromatic heterocycles. The summed E-state index contributed by atoms with van der Waals surface area (Å²) in [5.74, 6) is 7.58. The molecule has 23 heteroatoms. The second-order valence-electron chi connectivity index (χ2n) is 45.5. The number of nitrogens with one attached hydrogen (secondary N) is 5. The van der Waals surface area contributed by atoms with Gasteiger partial charge in [-0.25, -0.2) is 0 Å². The minimum absolute atomic E-state index is 0. The van der Waals surface area contributed by atoms with Crippen molar-refractivity contribution in [2.75, 3.05) is 130 Å². The average Bonchev–Trinajstić information content (AvgIpc) is 0.779. The molecule has 3 aromatic rings. The zero-order valence-corrected chi connectivity index (χ0v) is 84.5. The van der Waals surface area contributed by atoms with Crippen LogP contribution in [0, 0.1) is 0 Å². The van der Waals surface area contributed by atoms with E-state index in [4.69, 9.17) is 44.9 Å². The second-order valence-corrected chi connectivity index (χ2v) is 45.5. The van der Waals surface area contributed by atoms with Gasteiger partial charge in [-0.2, -0.15) is 44.9 Å². The maximum Gasteiger partial charge on any atom is 0.232 e. The highest BCUT2D eigenvalue weighted by molar-refractivity contribution is 5.52. The van der Waals surface area contributed by atoms with Gasteiger partial charge in [0.2, 0.25) is 53.5 Å². The van der Waals surface area contributed by atoms with Crippen molar-refractivity contribution in [2.45, 2.75) is 542 Å². The highest BCUT2D eigenvalue weighted by Crippen LogP contribution is 2.42. The topological polar surface area (TPSA) is 205 Å². The Morgan fingerprint density at radius 2 is 0.336 bits per heavy atom. The highest BCUT2D eigenvalue weighted by atomic mass is 15.4. The molecule has 5 N–H and O–H groups in total. The normalized spacial score (nSPS) is 19.6. The van der Waals surface area contributed by atoms with E-state index in [2.05, 4.69) is 272 Å². The van der Waals surface area contributed by atoms with Crippen molar-refractivity contribution >= 4 is 53.5 Å². The first-order chi connectivity index (χ1) is 57.3. The molecule has 0 saturated carbocycles. The quantitative estimate of drug-likeness (QED) is 0.0333. The van der Waals surface area contributed by atoms with Crippen LogP contribution in [0.15, 0.2) is 0 Å². The summed E-state index contributed by atoms with van der Waals surface area (Å²) < 4.78 is 0. The first kappa shape index (κ1) is 119. The van der Waals surface area contributed by atoms with Crippen molar-refractivity contribution in [3.05, 3.63) is 0 Å². The number of unbranched alkanes of at least 4 members (excludes halogenated alkanes) is 14. The Kier molecular flexibility index (Phi) is 49.1. The molecule has 748 valence electrons. The van der Waals surface area contributed by atoms with E-state index < -0.39 is 0 Å². The van der Waals surface area contributed by atoms with Crippen LogP contribution in [0.2, 0.25) is 0 Å². The predicted molar refractivity (Wildman–Crippen MR) is 564 cm³/mol. The van der Waals surface area contributed by atoms with Gasteiger partial charge in [-0.05, 0) is 280 Å². The van der Waals surface area contributed by atoms with Crippen LogP contribution < -0.4 is 70.7 Å². The number of nitrogens with zero attached hydrogens (tertiary/aromatic N) is 18. The Balaban J connectivity index is 0.00000924. The van der Waals surface area contributed by atoms with E-state index in [0.29, 0.717) is 0 Å². The summed E-state index contributed by atoms with van der Waals surface area (Å²) in [5, 5.41) is 20.4. The Morgan fingerprint density at radius 3 is 0.523 bits per heavy atom. The number of rotatable bonds is 52. The molecule has 0 atom stereocenters. The maximum absolute atomic E-state index is 6.10. The molecule has 128 heavy (non-hydrogen) atoms. The van der Waals surface area contributed by atoms with E-state index in [1.807, 2.05) is 0 Å². The third-order valence-electron chi connectivity index (χ3n) is 26.7. The minimum Gasteiger partial charge on any atom is -0.344 e. The average molecular weight is 1800 g/mol. The number of piperidine rings is 5. The Morgan fingerprint density at radius 1 is 0.195 bits per heavy atom. The summed E-state index contributed by atoms with van der Waals surface area (Å²) in [6, 6.07) is 1.11. The zero-order chi connectivity index (χ0) is 89.7. The van der Waals surface area contributed by atoms with Crippen molar-refractivity contribution in [3.63, 3.8) is 0 Å². The van der Waals surface area contributed by atoms with Crippen LogP contribution >= 0.6 is 0 Å².